The predicted molar refractivity (Wildman–Crippen MR) is 122 cm³/mol. The minimum atomic E-state index is -0.421. The quantitative estimate of drug-likeness (QED) is 0.338. The zero-order valence-corrected chi connectivity index (χ0v) is 18.7. The monoisotopic (exact) mass is 450 g/mol. The fraction of sp³-hybridized carbons (Fsp3) is 0.154. The molecule has 0 aromatic heterocycles. The molecule has 0 bridgehead atoms. The van der Waals surface area contributed by atoms with E-state index in [0.29, 0.717) is 45.3 Å². The number of ketones is 2. The number of carbonyl (C=O) groups is 2. The first-order valence-electron chi connectivity index (χ1n) is 9.92. The molecule has 0 fully saturated rings. The van der Waals surface area contributed by atoms with Crippen LogP contribution < -0.4 is 18.9 Å². The van der Waals surface area contributed by atoms with E-state index in [0.717, 1.165) is 0 Å². The van der Waals surface area contributed by atoms with E-state index < -0.39 is 5.82 Å². The van der Waals surface area contributed by atoms with E-state index in [1.165, 1.54) is 58.8 Å². The zero-order valence-electron chi connectivity index (χ0n) is 18.7. The van der Waals surface area contributed by atoms with Gasteiger partial charge in [0.15, 0.2) is 23.1 Å². The second-order valence-corrected chi connectivity index (χ2v) is 6.90. The molecule has 0 amide bonds. The minimum Gasteiger partial charge on any atom is -0.496 e. The van der Waals surface area contributed by atoms with Crippen LogP contribution in [0.5, 0.6) is 23.0 Å². The molecular weight excluding hydrogens is 427 g/mol. The summed E-state index contributed by atoms with van der Waals surface area (Å²) in [7, 11) is 5.92. The summed E-state index contributed by atoms with van der Waals surface area (Å²) in [4.78, 5) is 25.6. The van der Waals surface area contributed by atoms with Crippen LogP contribution in [-0.2, 0) is 0 Å². The van der Waals surface area contributed by atoms with Crippen molar-refractivity contribution in [3.8, 4) is 23.0 Å². The van der Waals surface area contributed by atoms with E-state index in [9.17, 15) is 14.0 Å². The number of carbonyl (C=O) groups excluding carboxylic acids is 2. The van der Waals surface area contributed by atoms with Gasteiger partial charge >= 0.3 is 0 Å². The first-order valence-corrected chi connectivity index (χ1v) is 9.92. The third-order valence-corrected chi connectivity index (χ3v) is 4.96. The van der Waals surface area contributed by atoms with Crippen molar-refractivity contribution in [2.45, 2.75) is 0 Å². The number of halogens is 1. The Balaban J connectivity index is 1.95. The van der Waals surface area contributed by atoms with Crippen molar-refractivity contribution >= 4 is 17.6 Å². The molecule has 6 nitrogen and oxygen atoms in total. The molecule has 0 atom stereocenters. The van der Waals surface area contributed by atoms with Crippen LogP contribution in [0.25, 0.3) is 6.08 Å². The highest BCUT2D eigenvalue weighted by molar-refractivity contribution is 6.10. The van der Waals surface area contributed by atoms with Crippen LogP contribution in [0, 0.1) is 5.82 Å². The number of hydrogen-bond acceptors (Lipinski definition) is 6. The van der Waals surface area contributed by atoms with Gasteiger partial charge in [-0.05, 0) is 66.7 Å². The van der Waals surface area contributed by atoms with Gasteiger partial charge in [-0.3, -0.25) is 9.59 Å². The Morgan fingerprint density at radius 2 is 1.27 bits per heavy atom. The van der Waals surface area contributed by atoms with Crippen LogP contribution in [0.15, 0.2) is 60.7 Å². The topological polar surface area (TPSA) is 71.1 Å². The molecule has 0 saturated carbocycles. The zero-order chi connectivity index (χ0) is 24.0. The molecule has 0 aliphatic rings. The molecule has 170 valence electrons. The molecule has 0 N–H and O–H groups in total. The van der Waals surface area contributed by atoms with E-state index in [-0.39, 0.29) is 11.6 Å². The molecule has 3 rings (SSSR count). The smallest absolute Gasteiger partial charge is 0.203 e. The number of allylic oxidation sites excluding steroid dienone is 1. The van der Waals surface area contributed by atoms with Crippen molar-refractivity contribution in [2.75, 3.05) is 28.4 Å². The van der Waals surface area contributed by atoms with E-state index in [2.05, 4.69) is 0 Å². The molecule has 0 aliphatic carbocycles. The van der Waals surface area contributed by atoms with Crippen molar-refractivity contribution in [1.29, 1.82) is 0 Å². The van der Waals surface area contributed by atoms with Gasteiger partial charge in [-0.1, -0.05) is 0 Å². The van der Waals surface area contributed by atoms with Crippen LogP contribution in [0.3, 0.4) is 0 Å². The van der Waals surface area contributed by atoms with Gasteiger partial charge in [0.1, 0.15) is 11.6 Å². The van der Waals surface area contributed by atoms with Crippen molar-refractivity contribution in [3.05, 3.63) is 88.7 Å². The van der Waals surface area contributed by atoms with Gasteiger partial charge in [0.25, 0.3) is 0 Å². The third-order valence-electron chi connectivity index (χ3n) is 4.96. The number of benzene rings is 3. The number of hydrogen-bond donors (Lipinski definition) is 0. The van der Waals surface area contributed by atoms with Crippen molar-refractivity contribution in [2.24, 2.45) is 0 Å². The molecule has 0 heterocycles. The van der Waals surface area contributed by atoms with Crippen LogP contribution in [-0.4, -0.2) is 40.0 Å². The number of rotatable bonds is 9. The average molecular weight is 450 g/mol. The van der Waals surface area contributed by atoms with E-state index in [1.807, 2.05) is 0 Å². The lowest BCUT2D eigenvalue weighted by Gasteiger charge is -2.14. The van der Waals surface area contributed by atoms with Gasteiger partial charge in [0, 0.05) is 22.3 Å². The number of methoxy groups -OCH3 is 4. The lowest BCUT2D eigenvalue weighted by molar-refractivity contribution is 0.103. The van der Waals surface area contributed by atoms with Gasteiger partial charge in [-0.15, -0.1) is 0 Å². The van der Waals surface area contributed by atoms with Crippen molar-refractivity contribution < 1.29 is 32.9 Å². The molecule has 0 radical (unpaired) electrons. The third kappa shape index (κ3) is 5.20. The van der Waals surface area contributed by atoms with E-state index in [4.69, 9.17) is 18.9 Å². The highest BCUT2D eigenvalue weighted by Crippen LogP contribution is 2.39. The summed E-state index contributed by atoms with van der Waals surface area (Å²) >= 11 is 0. The van der Waals surface area contributed by atoms with Gasteiger partial charge in [0.05, 0.1) is 28.4 Å². The van der Waals surface area contributed by atoms with Crippen LogP contribution >= 0.6 is 0 Å². The average Bonchev–Trinajstić information content (AvgIpc) is 2.85. The second-order valence-electron chi connectivity index (χ2n) is 6.90. The van der Waals surface area contributed by atoms with Crippen LogP contribution in [0.2, 0.25) is 0 Å². The summed E-state index contributed by atoms with van der Waals surface area (Å²) in [6, 6.07) is 13.3. The molecule has 0 aliphatic heterocycles. The highest BCUT2D eigenvalue weighted by atomic mass is 19.1. The summed E-state index contributed by atoms with van der Waals surface area (Å²) in [5, 5.41) is 0. The predicted octanol–water partition coefficient (Wildman–Crippen LogP) is 4.99. The fourth-order valence-corrected chi connectivity index (χ4v) is 3.26. The molecule has 3 aromatic rings. The summed E-state index contributed by atoms with van der Waals surface area (Å²) in [6.45, 7) is 0. The van der Waals surface area contributed by atoms with Gasteiger partial charge in [-0.2, -0.15) is 0 Å². The van der Waals surface area contributed by atoms with Gasteiger partial charge < -0.3 is 18.9 Å². The Morgan fingerprint density at radius 3 is 1.82 bits per heavy atom. The highest BCUT2D eigenvalue weighted by Gasteiger charge is 2.19. The second kappa shape index (κ2) is 10.5. The molecular formula is C26H23FO6. The Labute approximate surface area is 191 Å². The van der Waals surface area contributed by atoms with E-state index >= 15 is 0 Å². The Morgan fingerprint density at radius 1 is 0.697 bits per heavy atom. The first kappa shape index (κ1) is 23.5. The lowest BCUT2D eigenvalue weighted by Crippen LogP contribution is -2.05. The van der Waals surface area contributed by atoms with Crippen molar-refractivity contribution in [3.63, 3.8) is 0 Å². The maximum Gasteiger partial charge on any atom is 0.203 e. The normalized spacial score (nSPS) is 10.7. The Kier molecular flexibility index (Phi) is 7.46. The first-order chi connectivity index (χ1) is 15.9. The molecule has 7 heteroatoms. The van der Waals surface area contributed by atoms with Crippen molar-refractivity contribution in [1.82, 2.24) is 0 Å². The SMILES string of the molecule is COc1ccc(C(=O)c2cc(OC)c(OC)c(OC)c2)cc1/C=C/C(=O)c1ccc(F)cc1. The van der Waals surface area contributed by atoms with Gasteiger partial charge in [0.2, 0.25) is 5.75 Å². The summed E-state index contributed by atoms with van der Waals surface area (Å²) < 4.78 is 34.4. The standard InChI is InChI=1S/C26H23FO6/c1-30-22-12-8-18(13-17(22)7-11-21(28)16-5-9-20(27)10-6-16)25(29)19-14-23(31-2)26(33-4)24(15-19)32-3/h5-15H,1-4H3/b11-7+. The van der Waals surface area contributed by atoms with Crippen LogP contribution in [0.1, 0.15) is 31.8 Å². The Hall–Kier alpha value is -4.13. The summed E-state index contributed by atoms with van der Waals surface area (Å²) in [5.74, 6) is 0.580. The fourth-order valence-electron chi connectivity index (χ4n) is 3.26. The van der Waals surface area contributed by atoms with Gasteiger partial charge in [-0.25, -0.2) is 4.39 Å². The minimum absolute atomic E-state index is 0.281. The van der Waals surface area contributed by atoms with Crippen LogP contribution in [0.4, 0.5) is 4.39 Å². The molecule has 0 unspecified atom stereocenters. The molecule has 33 heavy (non-hydrogen) atoms. The maximum atomic E-state index is 13.2. The summed E-state index contributed by atoms with van der Waals surface area (Å²) in [6.07, 6.45) is 2.90. The maximum absolute atomic E-state index is 13.2. The molecule has 0 saturated heterocycles. The number of ether oxygens (including phenoxy) is 4. The lowest BCUT2D eigenvalue weighted by atomic mass is 9.99. The molecule has 0 spiro atoms. The summed E-state index contributed by atoms with van der Waals surface area (Å²) in [5.41, 5.74) is 1.59. The molecule has 3 aromatic carbocycles. The Bertz CT molecular complexity index is 1170. The van der Waals surface area contributed by atoms with E-state index in [1.54, 1.807) is 36.4 Å². The largest absolute Gasteiger partial charge is 0.496 e.